The molecule has 0 saturated carbocycles. The maximum absolute atomic E-state index is 13.4. The minimum absolute atomic E-state index is 0.00863. The third-order valence-corrected chi connectivity index (χ3v) is 5.39. The summed E-state index contributed by atoms with van der Waals surface area (Å²) in [6.45, 7) is 1.36. The van der Waals surface area contributed by atoms with Crippen molar-refractivity contribution in [2.45, 2.75) is 18.0 Å². The molecule has 2 aromatic carbocycles. The van der Waals surface area contributed by atoms with E-state index in [1.54, 1.807) is 12.1 Å². The minimum Gasteiger partial charge on any atom is -0.313 e. The second-order valence-electron chi connectivity index (χ2n) is 5.85. The van der Waals surface area contributed by atoms with Gasteiger partial charge in [0.15, 0.2) is 0 Å². The van der Waals surface area contributed by atoms with Gasteiger partial charge in [0.25, 0.3) is 0 Å². The van der Waals surface area contributed by atoms with E-state index in [0.29, 0.717) is 17.7 Å². The number of sulfone groups is 1. The average Bonchev–Trinajstić information content (AvgIpc) is 2.90. The Balaban J connectivity index is 1.87. The molecule has 0 bridgehead atoms. The number of halogens is 4. The lowest BCUT2D eigenvalue weighted by molar-refractivity contribution is -0.137. The smallest absolute Gasteiger partial charge is 0.313 e. The molecule has 3 rings (SSSR count). The highest BCUT2D eigenvalue weighted by Crippen LogP contribution is 2.34. The number of carbonyl (C=O) groups is 1. The van der Waals surface area contributed by atoms with Crippen molar-refractivity contribution in [1.82, 2.24) is 0 Å². The summed E-state index contributed by atoms with van der Waals surface area (Å²) in [5.41, 5.74) is -1.49. The van der Waals surface area contributed by atoms with Crippen LogP contribution in [0.3, 0.4) is 0 Å². The van der Waals surface area contributed by atoms with Crippen molar-refractivity contribution in [1.29, 1.82) is 0 Å². The van der Waals surface area contributed by atoms with Gasteiger partial charge < -0.3 is 4.84 Å². The van der Waals surface area contributed by atoms with E-state index in [-0.39, 0.29) is 22.2 Å². The first-order valence-electron chi connectivity index (χ1n) is 7.69. The highest BCUT2D eigenvalue weighted by atomic mass is 32.2. The van der Waals surface area contributed by atoms with Crippen LogP contribution in [0.25, 0.3) is 5.57 Å². The van der Waals surface area contributed by atoms with Crippen LogP contribution < -0.4 is 0 Å². The zero-order valence-corrected chi connectivity index (χ0v) is 14.9. The normalized spacial score (nSPS) is 15.8. The molecule has 0 saturated heterocycles. The van der Waals surface area contributed by atoms with Gasteiger partial charge in [-0.15, -0.1) is 0 Å². The van der Waals surface area contributed by atoms with E-state index >= 15 is 0 Å². The van der Waals surface area contributed by atoms with Crippen LogP contribution in [0, 0.1) is 5.82 Å². The number of benzene rings is 2. The van der Waals surface area contributed by atoms with Gasteiger partial charge in [-0.05, 0) is 31.2 Å². The van der Waals surface area contributed by atoms with Crippen LogP contribution in [-0.2, 0) is 20.9 Å². The molecule has 1 aliphatic heterocycles. The highest BCUT2D eigenvalue weighted by Gasteiger charge is 2.32. The summed E-state index contributed by atoms with van der Waals surface area (Å²) in [6.07, 6.45) is -4.84. The summed E-state index contributed by atoms with van der Waals surface area (Å²) in [7, 11) is -3.68. The number of nitrogens with zero attached hydrogens (tertiary/aromatic N) is 1. The lowest BCUT2D eigenvalue weighted by Gasteiger charge is -2.08. The summed E-state index contributed by atoms with van der Waals surface area (Å²) < 4.78 is 75.8. The topological polar surface area (TPSA) is 72.8 Å². The van der Waals surface area contributed by atoms with Crippen molar-refractivity contribution in [3.05, 3.63) is 70.4 Å². The summed E-state index contributed by atoms with van der Waals surface area (Å²) in [6, 6.07) is 7.35. The van der Waals surface area contributed by atoms with Crippen LogP contribution in [0.15, 0.2) is 57.9 Å². The summed E-state index contributed by atoms with van der Waals surface area (Å²) in [5, 5.41) is 4.45. The molecule has 0 aromatic heterocycles. The average molecular weight is 413 g/mol. The number of fused-ring (bicyclic) bond motifs is 1. The van der Waals surface area contributed by atoms with Crippen molar-refractivity contribution in [2.24, 2.45) is 5.16 Å². The van der Waals surface area contributed by atoms with E-state index in [2.05, 4.69) is 9.99 Å². The van der Waals surface area contributed by atoms with Gasteiger partial charge in [-0.3, -0.25) is 0 Å². The number of carbonyl (C=O) groups excluding carboxylic acids is 1. The fourth-order valence-corrected chi connectivity index (χ4v) is 4.07. The van der Waals surface area contributed by atoms with Gasteiger partial charge >= 0.3 is 12.1 Å². The first kappa shape index (κ1) is 19.7. The van der Waals surface area contributed by atoms with E-state index in [0.717, 1.165) is 5.41 Å². The van der Waals surface area contributed by atoms with E-state index < -0.39 is 38.9 Å². The van der Waals surface area contributed by atoms with Gasteiger partial charge in [0.2, 0.25) is 9.84 Å². The van der Waals surface area contributed by atoms with Crippen LogP contribution in [0.5, 0.6) is 0 Å². The molecule has 2 aromatic rings. The maximum atomic E-state index is 13.4. The van der Waals surface area contributed by atoms with Crippen molar-refractivity contribution in [3.8, 4) is 0 Å². The van der Waals surface area contributed by atoms with Gasteiger partial charge in [-0.25, -0.2) is 17.6 Å². The number of rotatable bonds is 3. The quantitative estimate of drug-likeness (QED) is 0.327. The summed E-state index contributed by atoms with van der Waals surface area (Å²) in [5.74, 6) is -2.58. The van der Waals surface area contributed by atoms with Gasteiger partial charge in [-0.1, -0.05) is 23.4 Å². The Morgan fingerprint density at radius 2 is 1.79 bits per heavy atom. The van der Waals surface area contributed by atoms with Crippen LogP contribution in [-0.4, -0.2) is 20.1 Å². The molecule has 10 heteroatoms. The highest BCUT2D eigenvalue weighted by molar-refractivity contribution is 7.95. The van der Waals surface area contributed by atoms with E-state index in [4.69, 9.17) is 0 Å². The van der Waals surface area contributed by atoms with Crippen LogP contribution >= 0.6 is 0 Å². The number of oxime groups is 1. The molecule has 0 aliphatic carbocycles. The fourth-order valence-electron chi connectivity index (χ4n) is 2.58. The Hall–Kier alpha value is -3.01. The summed E-state index contributed by atoms with van der Waals surface area (Å²) >= 11 is 0. The molecule has 0 unspecified atom stereocenters. The van der Waals surface area contributed by atoms with Crippen LogP contribution in [0.1, 0.15) is 28.4 Å². The van der Waals surface area contributed by atoms with Crippen molar-refractivity contribution in [3.63, 3.8) is 0 Å². The molecule has 0 N–H and O–H groups in total. The Morgan fingerprint density at radius 3 is 2.46 bits per heavy atom. The Kier molecular flexibility index (Phi) is 4.84. The minimum atomic E-state index is -4.84. The van der Waals surface area contributed by atoms with Gasteiger partial charge in [-0.2, -0.15) is 13.2 Å². The molecule has 146 valence electrons. The molecule has 1 heterocycles. The van der Waals surface area contributed by atoms with Gasteiger partial charge in [0.05, 0.1) is 21.7 Å². The molecule has 0 atom stereocenters. The van der Waals surface area contributed by atoms with Crippen molar-refractivity contribution < 1.29 is 35.6 Å². The molecule has 0 amide bonds. The third-order valence-electron chi connectivity index (χ3n) is 3.87. The number of hydrogen-bond acceptors (Lipinski definition) is 5. The first-order chi connectivity index (χ1) is 13.0. The molecule has 0 fully saturated rings. The van der Waals surface area contributed by atoms with E-state index in [1.165, 1.54) is 19.1 Å². The van der Waals surface area contributed by atoms with E-state index in [1.807, 2.05) is 0 Å². The van der Waals surface area contributed by atoms with Crippen LogP contribution in [0.4, 0.5) is 17.6 Å². The number of allylic oxidation sites excluding steroid dienone is 1. The van der Waals surface area contributed by atoms with Gasteiger partial charge in [0.1, 0.15) is 5.82 Å². The molecule has 28 heavy (non-hydrogen) atoms. The van der Waals surface area contributed by atoms with Crippen LogP contribution in [0.2, 0.25) is 0 Å². The Bertz CT molecular complexity index is 1130. The second kappa shape index (κ2) is 6.86. The van der Waals surface area contributed by atoms with Crippen molar-refractivity contribution in [2.75, 3.05) is 0 Å². The van der Waals surface area contributed by atoms with E-state index in [9.17, 15) is 30.8 Å². The first-order valence-corrected chi connectivity index (χ1v) is 9.24. The Labute approximate surface area is 156 Å². The monoisotopic (exact) mass is 413 g/mol. The zero-order valence-electron chi connectivity index (χ0n) is 14.1. The zero-order chi connectivity index (χ0) is 20.7. The maximum Gasteiger partial charge on any atom is 0.416 e. The SMILES string of the molecule is C/C(=N\OC(=O)c1cc(F)cc(C(F)(F)F)c1)C1=CS(=O)(=O)c2ccccc21. The Morgan fingerprint density at radius 1 is 1.11 bits per heavy atom. The molecular formula is C18H11F4NO4S. The molecular weight excluding hydrogens is 402 g/mol. The number of hydrogen-bond donors (Lipinski definition) is 0. The lowest BCUT2D eigenvalue weighted by Crippen LogP contribution is -2.10. The lowest BCUT2D eigenvalue weighted by atomic mass is 10.0. The van der Waals surface area contributed by atoms with Crippen molar-refractivity contribution >= 4 is 27.1 Å². The largest absolute Gasteiger partial charge is 0.416 e. The molecule has 0 spiro atoms. The second-order valence-corrected chi connectivity index (χ2v) is 7.62. The summed E-state index contributed by atoms with van der Waals surface area (Å²) in [4.78, 5) is 16.6. The fraction of sp³-hybridized carbons (Fsp3) is 0.111. The third kappa shape index (κ3) is 3.81. The molecule has 5 nitrogen and oxygen atoms in total. The predicted molar refractivity (Wildman–Crippen MR) is 91.5 cm³/mol. The standard InChI is InChI=1S/C18H11F4NO4S/c1-10(15-9-28(25,26)16-5-3-2-4-14(15)16)23-27-17(24)11-6-12(18(20,21)22)8-13(19)7-11/h2-9H,1H3/b23-10+. The predicted octanol–water partition coefficient (Wildman–Crippen LogP) is 4.21. The molecule has 1 aliphatic rings. The van der Waals surface area contributed by atoms with Gasteiger partial charge in [0, 0.05) is 16.5 Å². The molecule has 0 radical (unpaired) electrons. The number of alkyl halides is 3.